The normalized spacial score (nSPS) is 19.4. The van der Waals surface area contributed by atoms with Gasteiger partial charge in [-0.15, -0.1) is 0 Å². The third-order valence-corrected chi connectivity index (χ3v) is 5.98. The number of ether oxygens (including phenoxy) is 1. The fourth-order valence-electron chi connectivity index (χ4n) is 3.44. The Morgan fingerprint density at radius 2 is 2.00 bits per heavy atom. The van der Waals surface area contributed by atoms with Crippen molar-refractivity contribution in [2.24, 2.45) is 0 Å². The number of hydrogen-bond acceptors (Lipinski definition) is 3. The van der Waals surface area contributed by atoms with Crippen LogP contribution in [0, 0.1) is 0 Å². The van der Waals surface area contributed by atoms with Crippen LogP contribution < -0.4 is 5.32 Å². The van der Waals surface area contributed by atoms with E-state index in [2.05, 4.69) is 21.2 Å². The highest BCUT2D eigenvalue weighted by Gasteiger charge is 2.44. The second-order valence-corrected chi connectivity index (χ2v) is 8.59. The van der Waals surface area contributed by atoms with Crippen molar-refractivity contribution in [3.05, 3.63) is 27.2 Å². The van der Waals surface area contributed by atoms with Gasteiger partial charge in [0.1, 0.15) is 5.60 Å². The molecule has 2 aliphatic heterocycles. The minimum atomic E-state index is -0.454. The Balaban J connectivity index is 1.76. The number of nitrogens with one attached hydrogen (secondary N) is 1. The molecule has 0 aliphatic carbocycles. The summed E-state index contributed by atoms with van der Waals surface area (Å²) >= 11 is 9.94. The molecule has 1 saturated heterocycles. The predicted octanol–water partition coefficient (Wildman–Crippen LogP) is 4.80. The number of carbonyl (C=O) groups is 1. The Bertz CT molecular complexity index is 634. The monoisotopic (exact) mass is 400 g/mol. The van der Waals surface area contributed by atoms with Gasteiger partial charge in [0.25, 0.3) is 0 Å². The molecule has 0 aromatic heterocycles. The first-order chi connectivity index (χ1) is 10.7. The number of carbonyl (C=O) groups excluding carboxylic acids is 1. The van der Waals surface area contributed by atoms with Crippen molar-refractivity contribution >= 4 is 39.3 Å². The van der Waals surface area contributed by atoms with E-state index in [1.165, 1.54) is 5.56 Å². The number of rotatable bonds is 0. The van der Waals surface area contributed by atoms with Crippen LogP contribution in [0.25, 0.3) is 0 Å². The van der Waals surface area contributed by atoms with Crippen LogP contribution in [0.4, 0.5) is 10.5 Å². The quantitative estimate of drug-likeness (QED) is 0.679. The van der Waals surface area contributed by atoms with Gasteiger partial charge in [-0.2, -0.15) is 0 Å². The van der Waals surface area contributed by atoms with Crippen LogP contribution in [0.15, 0.2) is 16.6 Å². The van der Waals surface area contributed by atoms with Crippen LogP contribution in [-0.4, -0.2) is 36.2 Å². The van der Waals surface area contributed by atoms with Crippen LogP contribution in [0.1, 0.15) is 39.2 Å². The Hall–Kier alpha value is -0.940. The van der Waals surface area contributed by atoms with Crippen LogP contribution in [0.3, 0.4) is 0 Å². The zero-order chi connectivity index (χ0) is 16.8. The van der Waals surface area contributed by atoms with Crippen molar-refractivity contribution in [1.82, 2.24) is 4.90 Å². The molecular formula is C17H22BrClN2O2. The van der Waals surface area contributed by atoms with Gasteiger partial charge in [-0.3, -0.25) is 0 Å². The molecule has 0 saturated carbocycles. The SMILES string of the molecule is CC(C)(C)OC(=O)N1CCC2(CC1)CNc1ccc(Cl)c(Br)c12. The lowest BCUT2D eigenvalue weighted by molar-refractivity contribution is 0.0172. The number of piperidine rings is 1. The summed E-state index contributed by atoms with van der Waals surface area (Å²) in [6.07, 6.45) is 1.60. The summed E-state index contributed by atoms with van der Waals surface area (Å²) in [7, 11) is 0. The first-order valence-corrected chi connectivity index (χ1v) is 9.09. The second-order valence-electron chi connectivity index (χ2n) is 7.39. The van der Waals surface area contributed by atoms with E-state index in [0.717, 1.165) is 34.6 Å². The summed E-state index contributed by atoms with van der Waals surface area (Å²) in [6.45, 7) is 7.99. The molecule has 2 aliphatic rings. The van der Waals surface area contributed by atoms with Crippen LogP contribution in [0.2, 0.25) is 5.02 Å². The lowest BCUT2D eigenvalue weighted by Gasteiger charge is -2.40. The molecule has 4 nitrogen and oxygen atoms in total. The second kappa shape index (κ2) is 5.85. The predicted molar refractivity (Wildman–Crippen MR) is 96.4 cm³/mol. The van der Waals surface area contributed by atoms with Gasteiger partial charge in [-0.1, -0.05) is 11.6 Å². The molecular weight excluding hydrogens is 380 g/mol. The standard InChI is InChI=1S/C17H22BrClN2O2/c1-16(2,3)23-15(22)21-8-6-17(7-9-21)10-20-12-5-4-11(19)14(18)13(12)17/h4-5,20H,6-10H2,1-3H3. The third kappa shape index (κ3) is 3.18. The fourth-order valence-corrected chi connectivity index (χ4v) is 4.36. The molecule has 2 heterocycles. The minimum Gasteiger partial charge on any atom is -0.444 e. The summed E-state index contributed by atoms with van der Waals surface area (Å²) in [4.78, 5) is 14.1. The molecule has 1 aromatic carbocycles. The maximum atomic E-state index is 12.2. The van der Waals surface area contributed by atoms with Gasteiger partial charge in [-0.25, -0.2) is 4.79 Å². The molecule has 0 unspecified atom stereocenters. The summed E-state index contributed by atoms with van der Waals surface area (Å²) < 4.78 is 6.46. The van der Waals surface area contributed by atoms with E-state index in [4.69, 9.17) is 16.3 Å². The molecule has 3 rings (SSSR count). The Labute approximate surface area is 150 Å². The highest BCUT2D eigenvalue weighted by atomic mass is 79.9. The van der Waals surface area contributed by atoms with Crippen molar-refractivity contribution in [1.29, 1.82) is 0 Å². The summed E-state index contributed by atoms with van der Waals surface area (Å²) in [5.74, 6) is 0. The van der Waals surface area contributed by atoms with Crippen LogP contribution in [0.5, 0.6) is 0 Å². The van der Waals surface area contributed by atoms with E-state index in [9.17, 15) is 4.79 Å². The fraction of sp³-hybridized carbons (Fsp3) is 0.588. The van der Waals surface area contributed by atoms with Gasteiger partial charge in [0, 0.05) is 35.2 Å². The summed E-state index contributed by atoms with van der Waals surface area (Å²) in [5.41, 5.74) is 1.99. The number of nitrogens with zero attached hydrogens (tertiary/aromatic N) is 1. The summed E-state index contributed by atoms with van der Waals surface area (Å²) in [6, 6.07) is 3.95. The van der Waals surface area contributed by atoms with Gasteiger partial charge in [0.05, 0.1) is 5.02 Å². The molecule has 126 valence electrons. The number of anilines is 1. The maximum absolute atomic E-state index is 12.2. The van der Waals surface area contributed by atoms with Crippen molar-refractivity contribution in [3.63, 3.8) is 0 Å². The average molecular weight is 402 g/mol. The van der Waals surface area contributed by atoms with Gasteiger partial charge in [0.2, 0.25) is 0 Å². The lowest BCUT2D eigenvalue weighted by atomic mass is 9.74. The van der Waals surface area contributed by atoms with E-state index >= 15 is 0 Å². The number of likely N-dealkylation sites (tertiary alicyclic amines) is 1. The average Bonchev–Trinajstić information content (AvgIpc) is 2.81. The molecule has 23 heavy (non-hydrogen) atoms. The smallest absolute Gasteiger partial charge is 0.410 e. The highest BCUT2D eigenvalue weighted by molar-refractivity contribution is 9.10. The number of benzene rings is 1. The lowest BCUT2D eigenvalue weighted by Crippen LogP contribution is -2.47. The first-order valence-electron chi connectivity index (χ1n) is 7.92. The molecule has 0 radical (unpaired) electrons. The van der Waals surface area contributed by atoms with Crippen LogP contribution >= 0.6 is 27.5 Å². The van der Waals surface area contributed by atoms with E-state index in [1.807, 2.05) is 37.8 Å². The van der Waals surface area contributed by atoms with Gasteiger partial charge < -0.3 is 15.0 Å². The molecule has 1 aromatic rings. The molecule has 1 N–H and O–H groups in total. The molecule has 6 heteroatoms. The maximum Gasteiger partial charge on any atom is 0.410 e. The van der Waals surface area contributed by atoms with E-state index in [1.54, 1.807) is 0 Å². The van der Waals surface area contributed by atoms with E-state index in [-0.39, 0.29) is 11.5 Å². The molecule has 1 spiro atoms. The zero-order valence-electron chi connectivity index (χ0n) is 13.7. The summed E-state index contributed by atoms with van der Waals surface area (Å²) in [5, 5.41) is 4.23. The highest BCUT2D eigenvalue weighted by Crippen LogP contribution is 2.49. The first kappa shape index (κ1) is 16.9. The molecule has 1 amide bonds. The largest absolute Gasteiger partial charge is 0.444 e. The topological polar surface area (TPSA) is 41.6 Å². The van der Waals surface area contributed by atoms with Crippen molar-refractivity contribution in [2.45, 2.75) is 44.6 Å². The number of halogens is 2. The van der Waals surface area contributed by atoms with Crippen molar-refractivity contribution in [3.8, 4) is 0 Å². The van der Waals surface area contributed by atoms with Gasteiger partial charge >= 0.3 is 6.09 Å². The molecule has 0 atom stereocenters. The van der Waals surface area contributed by atoms with Gasteiger partial charge in [0.15, 0.2) is 0 Å². The Morgan fingerprint density at radius 3 is 2.61 bits per heavy atom. The molecule has 0 bridgehead atoms. The Morgan fingerprint density at radius 1 is 1.35 bits per heavy atom. The third-order valence-electron chi connectivity index (χ3n) is 4.61. The van der Waals surface area contributed by atoms with Crippen LogP contribution in [-0.2, 0) is 10.2 Å². The number of fused-ring (bicyclic) bond motifs is 2. The Kier molecular flexibility index (Phi) is 4.30. The van der Waals surface area contributed by atoms with Crippen molar-refractivity contribution in [2.75, 3.05) is 25.0 Å². The molecule has 1 fully saturated rings. The van der Waals surface area contributed by atoms with E-state index < -0.39 is 5.60 Å². The number of amides is 1. The zero-order valence-corrected chi connectivity index (χ0v) is 16.1. The van der Waals surface area contributed by atoms with Crippen molar-refractivity contribution < 1.29 is 9.53 Å². The number of hydrogen-bond donors (Lipinski definition) is 1. The minimum absolute atomic E-state index is 0.0393. The van der Waals surface area contributed by atoms with Gasteiger partial charge in [-0.05, 0) is 67.2 Å². The van der Waals surface area contributed by atoms with E-state index in [0.29, 0.717) is 13.1 Å².